The van der Waals surface area contributed by atoms with E-state index in [9.17, 15) is 4.39 Å². The van der Waals surface area contributed by atoms with Gasteiger partial charge in [0.1, 0.15) is 5.82 Å². The van der Waals surface area contributed by atoms with E-state index in [2.05, 4.69) is 4.98 Å². The molecule has 0 unspecified atom stereocenters. The first-order valence-electron chi connectivity index (χ1n) is 5.32. The Kier molecular flexibility index (Phi) is 2.69. The summed E-state index contributed by atoms with van der Waals surface area (Å²) in [7, 11) is 0. The van der Waals surface area contributed by atoms with Gasteiger partial charge in [-0.15, -0.1) is 0 Å². The number of nitrogens with zero attached hydrogens (tertiary/aromatic N) is 1. The Morgan fingerprint density at radius 2 is 1.83 bits per heavy atom. The van der Waals surface area contributed by atoms with Crippen molar-refractivity contribution in [3.05, 3.63) is 58.1 Å². The number of aromatic amines is 1. The van der Waals surface area contributed by atoms with E-state index in [1.165, 1.54) is 12.1 Å². The minimum Gasteiger partial charge on any atom is -0.329 e. The molecule has 0 bridgehead atoms. The molecule has 3 aromatic rings. The molecule has 1 heterocycles. The number of hydrogen-bond donors (Lipinski definition) is 1. The van der Waals surface area contributed by atoms with Gasteiger partial charge in [0.25, 0.3) is 0 Å². The van der Waals surface area contributed by atoms with E-state index in [1.807, 2.05) is 16.7 Å². The number of benzene rings is 2. The Hall–Kier alpha value is -1.65. The van der Waals surface area contributed by atoms with E-state index in [1.54, 1.807) is 18.2 Å². The molecule has 5 heteroatoms. The molecule has 0 fully saturated rings. The van der Waals surface area contributed by atoms with Crippen LogP contribution >= 0.6 is 23.8 Å². The first kappa shape index (κ1) is 11.4. The SMILES string of the molecule is Fc1ccc(-n2c(=S)[nH]c3c(Cl)cccc32)cc1. The van der Waals surface area contributed by atoms with Crippen molar-refractivity contribution in [3.63, 3.8) is 0 Å². The first-order chi connectivity index (χ1) is 8.66. The fraction of sp³-hybridized carbons (Fsp3) is 0. The van der Waals surface area contributed by atoms with Crippen LogP contribution in [0.15, 0.2) is 42.5 Å². The van der Waals surface area contributed by atoms with Crippen LogP contribution in [0.2, 0.25) is 5.02 Å². The monoisotopic (exact) mass is 278 g/mol. The lowest BCUT2D eigenvalue weighted by atomic mass is 10.3. The fourth-order valence-corrected chi connectivity index (χ4v) is 2.46. The number of aromatic nitrogens is 2. The third kappa shape index (κ3) is 1.74. The Balaban J connectivity index is 2.35. The standard InChI is InChI=1S/C13H8ClFN2S/c14-10-2-1-3-11-12(10)16-13(18)17(11)9-6-4-8(15)5-7-9/h1-7H,(H,16,18). The normalized spacial score (nSPS) is 11.0. The molecular weight excluding hydrogens is 271 g/mol. The molecule has 0 aliphatic rings. The van der Waals surface area contributed by atoms with Gasteiger partial charge in [-0.1, -0.05) is 17.7 Å². The van der Waals surface area contributed by atoms with Gasteiger partial charge in [0.15, 0.2) is 4.77 Å². The number of fused-ring (bicyclic) bond motifs is 1. The maximum Gasteiger partial charge on any atom is 0.182 e. The van der Waals surface area contributed by atoms with E-state index >= 15 is 0 Å². The summed E-state index contributed by atoms with van der Waals surface area (Å²) in [6.07, 6.45) is 0. The fourth-order valence-electron chi connectivity index (χ4n) is 1.94. The van der Waals surface area contributed by atoms with Crippen LogP contribution in [0.1, 0.15) is 0 Å². The van der Waals surface area contributed by atoms with Crippen LogP contribution in [0.3, 0.4) is 0 Å². The van der Waals surface area contributed by atoms with Crippen LogP contribution in [0, 0.1) is 10.6 Å². The van der Waals surface area contributed by atoms with Crippen molar-refractivity contribution in [2.24, 2.45) is 0 Å². The maximum absolute atomic E-state index is 12.9. The summed E-state index contributed by atoms with van der Waals surface area (Å²) in [5, 5.41) is 0.611. The zero-order valence-corrected chi connectivity index (χ0v) is 10.7. The van der Waals surface area contributed by atoms with Gasteiger partial charge < -0.3 is 4.98 Å². The van der Waals surface area contributed by atoms with E-state index in [0.29, 0.717) is 9.79 Å². The zero-order valence-electron chi connectivity index (χ0n) is 9.15. The van der Waals surface area contributed by atoms with Gasteiger partial charge in [-0.2, -0.15) is 0 Å². The summed E-state index contributed by atoms with van der Waals surface area (Å²) >= 11 is 11.4. The maximum atomic E-state index is 12.9. The zero-order chi connectivity index (χ0) is 12.7. The van der Waals surface area contributed by atoms with Crippen molar-refractivity contribution in [3.8, 4) is 5.69 Å². The molecule has 0 aliphatic heterocycles. The summed E-state index contributed by atoms with van der Waals surface area (Å²) in [5.41, 5.74) is 2.46. The predicted octanol–water partition coefficient (Wildman–Crippen LogP) is 4.48. The Morgan fingerprint density at radius 3 is 2.56 bits per heavy atom. The third-order valence-corrected chi connectivity index (χ3v) is 3.35. The summed E-state index contributed by atoms with van der Waals surface area (Å²) in [6.45, 7) is 0. The Morgan fingerprint density at radius 1 is 1.11 bits per heavy atom. The minimum atomic E-state index is -0.275. The topological polar surface area (TPSA) is 20.7 Å². The highest BCUT2D eigenvalue weighted by molar-refractivity contribution is 7.71. The number of halogens is 2. The highest BCUT2D eigenvalue weighted by Gasteiger charge is 2.08. The summed E-state index contributed by atoms with van der Waals surface area (Å²) in [5.74, 6) is -0.275. The number of rotatable bonds is 1. The smallest absolute Gasteiger partial charge is 0.182 e. The number of hydrogen-bond acceptors (Lipinski definition) is 1. The van der Waals surface area contributed by atoms with Gasteiger partial charge in [0, 0.05) is 5.69 Å². The lowest BCUT2D eigenvalue weighted by Crippen LogP contribution is -1.93. The molecule has 2 nitrogen and oxygen atoms in total. The van der Waals surface area contributed by atoms with Crippen molar-refractivity contribution in [2.75, 3.05) is 0 Å². The number of para-hydroxylation sites is 1. The van der Waals surface area contributed by atoms with Crippen molar-refractivity contribution >= 4 is 34.9 Å². The van der Waals surface area contributed by atoms with E-state index in [-0.39, 0.29) is 5.82 Å². The van der Waals surface area contributed by atoms with Crippen molar-refractivity contribution in [2.45, 2.75) is 0 Å². The van der Waals surface area contributed by atoms with Gasteiger partial charge in [-0.05, 0) is 48.6 Å². The van der Waals surface area contributed by atoms with Gasteiger partial charge in [-0.25, -0.2) is 4.39 Å². The van der Waals surface area contributed by atoms with Crippen LogP contribution in [0.4, 0.5) is 4.39 Å². The van der Waals surface area contributed by atoms with Crippen LogP contribution in [-0.2, 0) is 0 Å². The van der Waals surface area contributed by atoms with Crippen molar-refractivity contribution in [1.82, 2.24) is 9.55 Å². The molecule has 18 heavy (non-hydrogen) atoms. The molecule has 0 saturated carbocycles. The molecule has 90 valence electrons. The minimum absolute atomic E-state index is 0.275. The molecule has 3 rings (SSSR count). The molecule has 0 atom stereocenters. The van der Waals surface area contributed by atoms with E-state index < -0.39 is 0 Å². The quantitative estimate of drug-likeness (QED) is 0.651. The molecule has 0 spiro atoms. The van der Waals surface area contributed by atoms with Crippen LogP contribution in [-0.4, -0.2) is 9.55 Å². The lowest BCUT2D eigenvalue weighted by Gasteiger charge is -2.04. The lowest BCUT2D eigenvalue weighted by molar-refractivity contribution is 0.627. The molecular formula is C13H8ClFN2S. The second-order valence-electron chi connectivity index (χ2n) is 3.88. The van der Waals surface area contributed by atoms with Gasteiger partial charge >= 0.3 is 0 Å². The highest BCUT2D eigenvalue weighted by Crippen LogP contribution is 2.25. The van der Waals surface area contributed by atoms with Crippen molar-refractivity contribution < 1.29 is 4.39 Å². The highest BCUT2D eigenvalue weighted by atomic mass is 35.5. The predicted molar refractivity (Wildman–Crippen MR) is 73.4 cm³/mol. The Bertz CT molecular complexity index is 774. The van der Waals surface area contributed by atoms with Crippen LogP contribution in [0.5, 0.6) is 0 Å². The molecule has 0 amide bonds. The van der Waals surface area contributed by atoms with Crippen LogP contribution < -0.4 is 0 Å². The molecule has 1 N–H and O–H groups in total. The van der Waals surface area contributed by atoms with Crippen LogP contribution in [0.25, 0.3) is 16.7 Å². The molecule has 0 radical (unpaired) electrons. The third-order valence-electron chi connectivity index (χ3n) is 2.75. The number of nitrogens with one attached hydrogen (secondary N) is 1. The van der Waals surface area contributed by atoms with Gasteiger partial charge in [0.2, 0.25) is 0 Å². The van der Waals surface area contributed by atoms with Gasteiger partial charge in [0.05, 0.1) is 16.1 Å². The molecule has 0 saturated heterocycles. The summed E-state index contributed by atoms with van der Waals surface area (Å²) < 4.78 is 15.3. The van der Waals surface area contributed by atoms with Crippen molar-refractivity contribution in [1.29, 1.82) is 0 Å². The average Bonchev–Trinajstić information content (AvgIpc) is 2.69. The number of imidazole rings is 1. The second-order valence-corrected chi connectivity index (χ2v) is 4.67. The Labute approximate surface area is 113 Å². The average molecular weight is 279 g/mol. The van der Waals surface area contributed by atoms with E-state index in [0.717, 1.165) is 16.7 Å². The molecule has 1 aromatic heterocycles. The molecule has 0 aliphatic carbocycles. The second kappa shape index (κ2) is 4.23. The number of H-pyrrole nitrogens is 1. The molecule has 2 aromatic carbocycles. The first-order valence-corrected chi connectivity index (χ1v) is 6.10. The largest absolute Gasteiger partial charge is 0.329 e. The summed E-state index contributed by atoms with van der Waals surface area (Å²) in [6, 6.07) is 11.7. The van der Waals surface area contributed by atoms with Gasteiger partial charge in [-0.3, -0.25) is 4.57 Å². The van der Waals surface area contributed by atoms with E-state index in [4.69, 9.17) is 23.8 Å². The summed E-state index contributed by atoms with van der Waals surface area (Å²) in [4.78, 5) is 3.06.